The smallest absolute Gasteiger partial charge is 0.153 e. The Morgan fingerprint density at radius 2 is 2.13 bits per heavy atom. The second-order valence-electron chi connectivity index (χ2n) is 6.35. The molecule has 0 radical (unpaired) electrons. The molecule has 0 saturated heterocycles. The van der Waals surface area contributed by atoms with Crippen molar-refractivity contribution in [3.63, 3.8) is 0 Å². The average molecular weight is 303 g/mol. The van der Waals surface area contributed by atoms with Gasteiger partial charge in [-0.2, -0.15) is 5.10 Å². The molecule has 1 aliphatic carbocycles. The van der Waals surface area contributed by atoms with Crippen molar-refractivity contribution in [1.29, 1.82) is 0 Å². The normalized spacial score (nSPS) is 15.3. The summed E-state index contributed by atoms with van der Waals surface area (Å²) in [6.45, 7) is 0. The maximum Gasteiger partial charge on any atom is 0.153 e. The van der Waals surface area contributed by atoms with Gasteiger partial charge in [-0.3, -0.25) is 0 Å². The number of nitrogens with one attached hydrogen (secondary N) is 1. The fourth-order valence-electron chi connectivity index (χ4n) is 3.32. The highest BCUT2D eigenvalue weighted by Crippen LogP contribution is 2.31. The summed E-state index contributed by atoms with van der Waals surface area (Å²) >= 11 is 0. The molecule has 0 atom stereocenters. The van der Waals surface area contributed by atoms with E-state index in [9.17, 15) is 0 Å². The average Bonchev–Trinajstić information content (AvgIpc) is 3.16. The molecule has 0 aliphatic heterocycles. The Bertz CT molecular complexity index is 993. The van der Waals surface area contributed by atoms with E-state index in [0.29, 0.717) is 0 Å². The van der Waals surface area contributed by atoms with Crippen LogP contribution in [0.3, 0.4) is 0 Å². The first-order chi connectivity index (χ1) is 11.4. The lowest BCUT2D eigenvalue weighted by Gasteiger charge is -2.24. The highest BCUT2D eigenvalue weighted by atomic mass is 15.2. The van der Waals surface area contributed by atoms with Crippen molar-refractivity contribution in [2.75, 3.05) is 0 Å². The Morgan fingerprint density at radius 3 is 3.00 bits per heavy atom. The number of fused-ring (bicyclic) bond motifs is 2. The molecule has 4 heterocycles. The number of nitrogens with zero attached hydrogens (tertiary/aromatic N) is 4. The number of aromatic nitrogens is 5. The summed E-state index contributed by atoms with van der Waals surface area (Å²) < 4.78 is 1.80. The SMILES string of the molecule is c1cn2nc(-c3c[nH]c4nc(CC5CCC5)ccc34)ccc2n1. The largest absolute Gasteiger partial charge is 0.345 e. The molecule has 1 aliphatic rings. The number of hydrogen-bond acceptors (Lipinski definition) is 3. The molecular weight excluding hydrogens is 286 g/mol. The number of aromatic amines is 1. The monoisotopic (exact) mass is 303 g/mol. The summed E-state index contributed by atoms with van der Waals surface area (Å²) in [6, 6.07) is 8.32. The van der Waals surface area contributed by atoms with Gasteiger partial charge in [0.05, 0.1) is 5.69 Å². The van der Waals surface area contributed by atoms with Crippen LogP contribution in [-0.2, 0) is 6.42 Å². The molecule has 1 fully saturated rings. The van der Waals surface area contributed by atoms with E-state index in [-0.39, 0.29) is 0 Å². The zero-order valence-electron chi connectivity index (χ0n) is 12.7. The number of imidazole rings is 1. The lowest BCUT2D eigenvalue weighted by atomic mass is 9.82. The quantitative estimate of drug-likeness (QED) is 0.629. The molecule has 0 aromatic carbocycles. The summed E-state index contributed by atoms with van der Waals surface area (Å²) in [5.41, 5.74) is 5.00. The van der Waals surface area contributed by atoms with Crippen LogP contribution in [0.5, 0.6) is 0 Å². The molecule has 1 saturated carbocycles. The summed E-state index contributed by atoms with van der Waals surface area (Å²) in [5, 5.41) is 5.75. The molecular formula is C18H17N5. The third-order valence-electron chi connectivity index (χ3n) is 4.85. The maximum atomic E-state index is 4.79. The zero-order chi connectivity index (χ0) is 15.2. The number of H-pyrrole nitrogens is 1. The van der Waals surface area contributed by atoms with Crippen LogP contribution in [0.15, 0.2) is 42.9 Å². The highest BCUT2D eigenvalue weighted by molar-refractivity contribution is 5.92. The summed E-state index contributed by atoms with van der Waals surface area (Å²) in [6.07, 6.45) is 10.8. The van der Waals surface area contributed by atoms with E-state index < -0.39 is 0 Å². The Morgan fingerprint density at radius 1 is 1.17 bits per heavy atom. The molecule has 4 aromatic heterocycles. The second kappa shape index (κ2) is 4.91. The van der Waals surface area contributed by atoms with Gasteiger partial charge in [0.15, 0.2) is 5.65 Å². The van der Waals surface area contributed by atoms with Crippen LogP contribution in [0.25, 0.3) is 27.9 Å². The minimum atomic E-state index is 0.833. The molecule has 0 bridgehead atoms. The van der Waals surface area contributed by atoms with Gasteiger partial charge in [0, 0.05) is 35.2 Å². The van der Waals surface area contributed by atoms with Crippen molar-refractivity contribution >= 4 is 16.7 Å². The minimum absolute atomic E-state index is 0.833. The molecule has 114 valence electrons. The standard InChI is InChI=1S/C18H17N5/c1-2-12(3-1)10-13-4-5-14-15(11-20-18(14)21-13)16-6-7-17-19-8-9-23(17)22-16/h4-9,11-12H,1-3,10H2,(H,20,21). The summed E-state index contributed by atoms with van der Waals surface area (Å²) in [5.74, 6) is 0.833. The van der Waals surface area contributed by atoms with Crippen LogP contribution in [-0.4, -0.2) is 24.6 Å². The van der Waals surface area contributed by atoms with Crippen LogP contribution in [0.1, 0.15) is 25.0 Å². The van der Waals surface area contributed by atoms with Crippen LogP contribution in [0, 0.1) is 5.92 Å². The first-order valence-corrected chi connectivity index (χ1v) is 8.14. The number of rotatable bonds is 3. The van der Waals surface area contributed by atoms with E-state index in [1.165, 1.54) is 25.0 Å². The van der Waals surface area contributed by atoms with Gasteiger partial charge < -0.3 is 4.98 Å². The van der Waals surface area contributed by atoms with Crippen LogP contribution < -0.4 is 0 Å². The second-order valence-corrected chi connectivity index (χ2v) is 6.35. The van der Waals surface area contributed by atoms with Gasteiger partial charge >= 0.3 is 0 Å². The molecule has 4 aromatic rings. The zero-order valence-corrected chi connectivity index (χ0v) is 12.7. The van der Waals surface area contributed by atoms with Crippen LogP contribution in [0.2, 0.25) is 0 Å². The Hall–Kier alpha value is -2.69. The molecule has 1 N–H and O–H groups in total. The third-order valence-corrected chi connectivity index (χ3v) is 4.85. The molecule has 23 heavy (non-hydrogen) atoms. The van der Waals surface area contributed by atoms with Gasteiger partial charge in [0.25, 0.3) is 0 Å². The van der Waals surface area contributed by atoms with Crippen molar-refractivity contribution in [1.82, 2.24) is 24.6 Å². The van der Waals surface area contributed by atoms with Crippen LogP contribution in [0.4, 0.5) is 0 Å². The van der Waals surface area contributed by atoms with Gasteiger partial charge in [-0.05, 0) is 36.6 Å². The van der Waals surface area contributed by atoms with Gasteiger partial charge in [0.2, 0.25) is 0 Å². The molecule has 5 heteroatoms. The van der Waals surface area contributed by atoms with Gasteiger partial charge in [0.1, 0.15) is 5.65 Å². The molecule has 5 nitrogen and oxygen atoms in total. The van der Waals surface area contributed by atoms with E-state index in [4.69, 9.17) is 4.98 Å². The van der Waals surface area contributed by atoms with E-state index in [1.54, 1.807) is 10.7 Å². The highest BCUT2D eigenvalue weighted by Gasteiger charge is 2.19. The molecule has 0 unspecified atom stereocenters. The number of pyridine rings is 1. The predicted octanol–water partition coefficient (Wildman–Crippen LogP) is 3.62. The molecule has 5 rings (SSSR count). The van der Waals surface area contributed by atoms with Crippen molar-refractivity contribution in [2.24, 2.45) is 5.92 Å². The Kier molecular flexibility index (Phi) is 2.74. The van der Waals surface area contributed by atoms with Gasteiger partial charge in [-0.1, -0.05) is 19.3 Å². The lowest BCUT2D eigenvalue weighted by Crippen LogP contribution is -2.14. The van der Waals surface area contributed by atoms with E-state index >= 15 is 0 Å². The van der Waals surface area contributed by atoms with E-state index in [1.807, 2.05) is 24.5 Å². The predicted molar refractivity (Wildman–Crippen MR) is 89.1 cm³/mol. The maximum absolute atomic E-state index is 4.79. The molecule has 0 spiro atoms. The van der Waals surface area contributed by atoms with Crippen molar-refractivity contribution < 1.29 is 0 Å². The van der Waals surface area contributed by atoms with Crippen LogP contribution >= 0.6 is 0 Å². The van der Waals surface area contributed by atoms with Crippen molar-refractivity contribution in [2.45, 2.75) is 25.7 Å². The van der Waals surface area contributed by atoms with Gasteiger partial charge in [-0.25, -0.2) is 14.5 Å². The topological polar surface area (TPSA) is 58.9 Å². The summed E-state index contributed by atoms with van der Waals surface area (Å²) in [7, 11) is 0. The molecule has 0 amide bonds. The van der Waals surface area contributed by atoms with Crippen molar-refractivity contribution in [3.8, 4) is 11.3 Å². The Balaban J connectivity index is 1.55. The van der Waals surface area contributed by atoms with Crippen molar-refractivity contribution in [3.05, 3.63) is 48.5 Å². The third kappa shape index (κ3) is 2.11. The lowest BCUT2D eigenvalue weighted by molar-refractivity contribution is 0.312. The van der Waals surface area contributed by atoms with Gasteiger partial charge in [-0.15, -0.1) is 0 Å². The fourth-order valence-corrected chi connectivity index (χ4v) is 3.32. The first kappa shape index (κ1) is 12.8. The number of hydrogen-bond donors (Lipinski definition) is 1. The fraction of sp³-hybridized carbons (Fsp3) is 0.278. The van der Waals surface area contributed by atoms with E-state index in [0.717, 1.165) is 40.3 Å². The summed E-state index contributed by atoms with van der Waals surface area (Å²) in [4.78, 5) is 12.3. The Labute approximate surface area is 133 Å². The first-order valence-electron chi connectivity index (χ1n) is 8.14. The minimum Gasteiger partial charge on any atom is -0.345 e. The van der Waals surface area contributed by atoms with E-state index in [2.05, 4.69) is 27.2 Å².